The molecule has 2 rings (SSSR count). The number of carbonyl (C=O) groups is 2. The quantitative estimate of drug-likeness (QED) is 0.752. The Balaban J connectivity index is 1.73. The summed E-state index contributed by atoms with van der Waals surface area (Å²) in [6.07, 6.45) is 2.72. The second kappa shape index (κ2) is 7.22. The summed E-state index contributed by atoms with van der Waals surface area (Å²) in [5, 5.41) is 2.90. The molecule has 120 valence electrons. The first-order chi connectivity index (χ1) is 9.95. The maximum atomic E-state index is 12.4. The van der Waals surface area contributed by atoms with Gasteiger partial charge in [-0.1, -0.05) is 0 Å². The number of nitrogens with one attached hydrogen (secondary N) is 1. The van der Waals surface area contributed by atoms with E-state index in [9.17, 15) is 9.59 Å². The van der Waals surface area contributed by atoms with Crippen LogP contribution in [-0.2, 0) is 9.59 Å². The molecular weight excluding hydrogens is 268 g/mol. The molecule has 1 aliphatic carbocycles. The summed E-state index contributed by atoms with van der Waals surface area (Å²) in [5.74, 6) is 0.441. The maximum absolute atomic E-state index is 12.4. The number of nitrogens with two attached hydrogens (primary N) is 1. The third-order valence-corrected chi connectivity index (χ3v) is 4.32. The number of hydrogen-bond donors (Lipinski definition) is 2. The molecule has 6 heteroatoms. The van der Waals surface area contributed by atoms with Crippen LogP contribution in [0.25, 0.3) is 0 Å². The first-order valence-corrected chi connectivity index (χ1v) is 8.01. The van der Waals surface area contributed by atoms with Crippen molar-refractivity contribution in [3.05, 3.63) is 0 Å². The second-order valence-corrected chi connectivity index (χ2v) is 6.59. The third-order valence-electron chi connectivity index (χ3n) is 4.32. The van der Waals surface area contributed by atoms with Gasteiger partial charge in [-0.25, -0.2) is 0 Å². The summed E-state index contributed by atoms with van der Waals surface area (Å²) in [6.45, 7) is 7.33. The molecule has 1 heterocycles. The molecule has 1 saturated heterocycles. The van der Waals surface area contributed by atoms with Crippen molar-refractivity contribution >= 4 is 11.8 Å². The van der Waals surface area contributed by atoms with Gasteiger partial charge in [0.05, 0.1) is 6.54 Å². The Hall–Kier alpha value is -1.14. The fourth-order valence-electron chi connectivity index (χ4n) is 3.20. The number of hydrogen-bond acceptors (Lipinski definition) is 4. The summed E-state index contributed by atoms with van der Waals surface area (Å²) in [6, 6.07) is 0.368. The van der Waals surface area contributed by atoms with E-state index in [1.807, 2.05) is 18.7 Å². The van der Waals surface area contributed by atoms with E-state index < -0.39 is 0 Å². The van der Waals surface area contributed by atoms with Gasteiger partial charge in [0.25, 0.3) is 0 Å². The van der Waals surface area contributed by atoms with Crippen molar-refractivity contribution in [2.45, 2.75) is 45.2 Å². The van der Waals surface area contributed by atoms with Crippen molar-refractivity contribution in [1.82, 2.24) is 15.1 Å². The van der Waals surface area contributed by atoms with Crippen LogP contribution in [0.1, 0.15) is 33.1 Å². The molecule has 1 aliphatic heterocycles. The largest absolute Gasteiger partial charge is 0.353 e. The number of amides is 2. The Morgan fingerprint density at radius 1 is 1.19 bits per heavy atom. The molecule has 0 aromatic carbocycles. The number of piperazine rings is 1. The zero-order valence-electron chi connectivity index (χ0n) is 13.2. The zero-order valence-corrected chi connectivity index (χ0v) is 13.2. The molecule has 2 unspecified atom stereocenters. The van der Waals surface area contributed by atoms with Gasteiger partial charge in [-0.2, -0.15) is 0 Å². The highest BCUT2D eigenvalue weighted by Crippen LogP contribution is 2.26. The van der Waals surface area contributed by atoms with Crippen molar-refractivity contribution in [3.63, 3.8) is 0 Å². The Kier molecular flexibility index (Phi) is 5.58. The van der Waals surface area contributed by atoms with Gasteiger partial charge in [-0.3, -0.25) is 14.5 Å². The SMILES string of the molecule is CC(C)NC(=O)CN1CCN(C(=O)C2CCC(N)C2)CC1. The standard InChI is InChI=1S/C15H28N4O2/c1-11(2)17-14(20)10-18-5-7-19(8-6-18)15(21)12-3-4-13(16)9-12/h11-13H,3-10,16H2,1-2H3,(H,17,20). The van der Waals surface area contributed by atoms with Gasteiger partial charge in [0.2, 0.25) is 11.8 Å². The van der Waals surface area contributed by atoms with Crippen LogP contribution in [0.3, 0.4) is 0 Å². The fraction of sp³-hybridized carbons (Fsp3) is 0.867. The summed E-state index contributed by atoms with van der Waals surface area (Å²) in [5.41, 5.74) is 5.89. The molecule has 2 fully saturated rings. The summed E-state index contributed by atoms with van der Waals surface area (Å²) in [7, 11) is 0. The van der Waals surface area contributed by atoms with E-state index in [0.717, 1.165) is 45.4 Å². The molecule has 3 N–H and O–H groups in total. The molecule has 0 spiro atoms. The van der Waals surface area contributed by atoms with Gasteiger partial charge >= 0.3 is 0 Å². The minimum absolute atomic E-state index is 0.0616. The van der Waals surface area contributed by atoms with Crippen molar-refractivity contribution < 1.29 is 9.59 Å². The van der Waals surface area contributed by atoms with Crippen LogP contribution >= 0.6 is 0 Å². The summed E-state index contributed by atoms with van der Waals surface area (Å²) < 4.78 is 0. The number of carbonyl (C=O) groups excluding carboxylic acids is 2. The maximum Gasteiger partial charge on any atom is 0.234 e. The predicted molar refractivity (Wildman–Crippen MR) is 81.6 cm³/mol. The van der Waals surface area contributed by atoms with Gasteiger partial charge in [-0.05, 0) is 33.1 Å². The monoisotopic (exact) mass is 296 g/mol. The Bertz CT molecular complexity index is 378. The molecule has 0 aromatic rings. The van der Waals surface area contributed by atoms with E-state index in [-0.39, 0.29) is 29.8 Å². The lowest BCUT2D eigenvalue weighted by Gasteiger charge is -2.35. The second-order valence-electron chi connectivity index (χ2n) is 6.59. The molecule has 2 aliphatic rings. The molecule has 2 atom stereocenters. The molecule has 2 amide bonds. The zero-order chi connectivity index (χ0) is 15.4. The lowest BCUT2D eigenvalue weighted by atomic mass is 10.1. The van der Waals surface area contributed by atoms with Crippen molar-refractivity contribution in [3.8, 4) is 0 Å². The fourth-order valence-corrected chi connectivity index (χ4v) is 3.20. The molecule has 6 nitrogen and oxygen atoms in total. The molecule has 0 aromatic heterocycles. The van der Waals surface area contributed by atoms with E-state index in [4.69, 9.17) is 5.73 Å². The Morgan fingerprint density at radius 3 is 2.38 bits per heavy atom. The van der Waals surface area contributed by atoms with Crippen molar-refractivity contribution in [2.24, 2.45) is 11.7 Å². The molecular formula is C15H28N4O2. The Morgan fingerprint density at radius 2 is 1.86 bits per heavy atom. The average Bonchev–Trinajstić information content (AvgIpc) is 2.84. The first-order valence-electron chi connectivity index (χ1n) is 8.01. The van der Waals surface area contributed by atoms with Crippen LogP contribution in [-0.4, -0.2) is 66.4 Å². The van der Waals surface area contributed by atoms with Crippen LogP contribution < -0.4 is 11.1 Å². The van der Waals surface area contributed by atoms with Crippen LogP contribution in [0, 0.1) is 5.92 Å². The number of rotatable bonds is 4. The minimum Gasteiger partial charge on any atom is -0.353 e. The van der Waals surface area contributed by atoms with E-state index in [1.165, 1.54) is 0 Å². The lowest BCUT2D eigenvalue weighted by Crippen LogP contribution is -2.52. The predicted octanol–water partition coefficient (Wildman–Crippen LogP) is -0.217. The Labute approximate surface area is 127 Å². The molecule has 0 radical (unpaired) electrons. The topological polar surface area (TPSA) is 78.7 Å². The van der Waals surface area contributed by atoms with E-state index in [0.29, 0.717) is 6.54 Å². The van der Waals surface area contributed by atoms with E-state index in [2.05, 4.69) is 10.2 Å². The smallest absolute Gasteiger partial charge is 0.234 e. The summed E-state index contributed by atoms with van der Waals surface area (Å²) in [4.78, 5) is 28.2. The van der Waals surface area contributed by atoms with Crippen LogP contribution in [0.2, 0.25) is 0 Å². The highest BCUT2D eigenvalue weighted by molar-refractivity contribution is 5.80. The van der Waals surface area contributed by atoms with Crippen LogP contribution in [0.5, 0.6) is 0 Å². The highest BCUT2D eigenvalue weighted by Gasteiger charge is 2.32. The van der Waals surface area contributed by atoms with Gasteiger partial charge in [0.15, 0.2) is 0 Å². The average molecular weight is 296 g/mol. The minimum atomic E-state index is 0.0616. The number of nitrogens with zero attached hydrogens (tertiary/aromatic N) is 2. The van der Waals surface area contributed by atoms with E-state index in [1.54, 1.807) is 0 Å². The van der Waals surface area contributed by atoms with Gasteiger partial charge < -0.3 is 16.0 Å². The normalized spacial score (nSPS) is 27.1. The van der Waals surface area contributed by atoms with Crippen LogP contribution in [0.15, 0.2) is 0 Å². The van der Waals surface area contributed by atoms with Crippen molar-refractivity contribution in [2.75, 3.05) is 32.7 Å². The molecule has 21 heavy (non-hydrogen) atoms. The molecule has 0 bridgehead atoms. The van der Waals surface area contributed by atoms with E-state index >= 15 is 0 Å². The van der Waals surface area contributed by atoms with Crippen LogP contribution in [0.4, 0.5) is 0 Å². The first kappa shape index (κ1) is 16.2. The van der Waals surface area contributed by atoms with Crippen molar-refractivity contribution in [1.29, 1.82) is 0 Å². The third kappa shape index (κ3) is 4.68. The summed E-state index contributed by atoms with van der Waals surface area (Å²) >= 11 is 0. The lowest BCUT2D eigenvalue weighted by molar-refractivity contribution is -0.137. The highest BCUT2D eigenvalue weighted by atomic mass is 16.2. The molecule has 1 saturated carbocycles. The van der Waals surface area contributed by atoms with Gasteiger partial charge in [0, 0.05) is 44.2 Å². The van der Waals surface area contributed by atoms with Gasteiger partial charge in [-0.15, -0.1) is 0 Å². The van der Waals surface area contributed by atoms with Gasteiger partial charge in [0.1, 0.15) is 0 Å².